The van der Waals surface area contributed by atoms with E-state index >= 15 is 0 Å². The first-order valence-corrected chi connectivity index (χ1v) is 7.34. The van der Waals surface area contributed by atoms with Crippen LogP contribution in [0.3, 0.4) is 0 Å². The quantitative estimate of drug-likeness (QED) is 0.425. The van der Waals surface area contributed by atoms with Gasteiger partial charge in [-0.2, -0.15) is 0 Å². The zero-order valence-electron chi connectivity index (χ0n) is 12.2. The number of fused-ring (bicyclic) bond motifs is 1. The van der Waals surface area contributed by atoms with Gasteiger partial charge in [-0.3, -0.25) is 15.6 Å². The molecule has 3 rings (SSSR count). The second kappa shape index (κ2) is 6.63. The number of thiocarbonyl (C=S) groups is 1. The number of aromatic amines is 1. The monoisotopic (exact) mass is 346 g/mol. The maximum atomic E-state index is 13.5. The molecule has 0 aliphatic carbocycles. The number of benzene rings is 2. The minimum Gasteiger partial charge on any atom is -0.350 e. The average Bonchev–Trinajstić information content (AvgIpc) is 2.99. The van der Waals surface area contributed by atoms with Gasteiger partial charge in [-0.15, -0.1) is 0 Å². The largest absolute Gasteiger partial charge is 0.350 e. The lowest BCUT2D eigenvalue weighted by Gasteiger charge is -2.11. The summed E-state index contributed by atoms with van der Waals surface area (Å²) in [4.78, 5) is 15.0. The lowest BCUT2D eigenvalue weighted by Crippen LogP contribution is -2.44. The maximum absolute atomic E-state index is 13.5. The third-order valence-corrected chi connectivity index (χ3v) is 3.45. The molecule has 4 N–H and O–H groups in total. The molecule has 0 atom stereocenters. The molecule has 0 unspecified atom stereocenters. The molecule has 0 fully saturated rings. The van der Waals surface area contributed by atoms with Crippen LogP contribution in [0.25, 0.3) is 10.9 Å². The van der Waals surface area contributed by atoms with Crippen molar-refractivity contribution in [2.45, 2.75) is 0 Å². The van der Waals surface area contributed by atoms with Gasteiger partial charge in [0.15, 0.2) is 5.11 Å². The summed E-state index contributed by atoms with van der Waals surface area (Å²) < 4.78 is 26.3. The Morgan fingerprint density at radius 3 is 2.58 bits per heavy atom. The minimum atomic E-state index is -0.791. The topological polar surface area (TPSA) is 69.0 Å². The molecule has 3 aromatic rings. The molecule has 1 amide bonds. The summed E-state index contributed by atoms with van der Waals surface area (Å²) in [5, 5.41) is 3.39. The van der Waals surface area contributed by atoms with Gasteiger partial charge in [0.05, 0.1) is 5.69 Å². The number of aromatic nitrogens is 1. The number of rotatable bonds is 2. The van der Waals surface area contributed by atoms with E-state index in [0.29, 0.717) is 5.69 Å². The predicted octanol–water partition coefficient (Wildman–Crippen LogP) is 3.08. The third-order valence-electron chi connectivity index (χ3n) is 3.24. The number of amides is 1. The van der Waals surface area contributed by atoms with Crippen LogP contribution in [-0.2, 0) is 0 Å². The van der Waals surface area contributed by atoms with Crippen LogP contribution in [0.5, 0.6) is 0 Å². The molecule has 8 heteroatoms. The van der Waals surface area contributed by atoms with Crippen LogP contribution >= 0.6 is 12.2 Å². The molecule has 0 radical (unpaired) electrons. The lowest BCUT2D eigenvalue weighted by atomic mass is 10.2. The van der Waals surface area contributed by atoms with E-state index < -0.39 is 17.5 Å². The van der Waals surface area contributed by atoms with Crippen LogP contribution in [0.2, 0.25) is 0 Å². The maximum Gasteiger partial charge on any atom is 0.286 e. The SMILES string of the molecule is O=C(NNC(=S)Nc1ccc(F)cc1F)c1cc2ccccc2[nH]1. The number of hydrazine groups is 1. The van der Waals surface area contributed by atoms with Crippen LogP contribution in [0, 0.1) is 11.6 Å². The summed E-state index contributed by atoms with van der Waals surface area (Å²) in [5.41, 5.74) is 6.02. The van der Waals surface area contributed by atoms with Crippen molar-refractivity contribution < 1.29 is 13.6 Å². The highest BCUT2D eigenvalue weighted by Crippen LogP contribution is 2.15. The first-order valence-electron chi connectivity index (χ1n) is 6.93. The number of carbonyl (C=O) groups excluding carboxylic acids is 1. The van der Waals surface area contributed by atoms with E-state index in [9.17, 15) is 13.6 Å². The standard InChI is InChI=1S/C16H12F2N4OS/c17-10-5-6-13(11(18)8-10)20-16(24)22-21-15(23)14-7-9-3-1-2-4-12(9)19-14/h1-8,19H,(H,21,23)(H2,20,22,24). The number of para-hydroxylation sites is 1. The van der Waals surface area contributed by atoms with Gasteiger partial charge in [-0.1, -0.05) is 18.2 Å². The lowest BCUT2D eigenvalue weighted by molar-refractivity contribution is 0.0940. The number of hydrogen-bond donors (Lipinski definition) is 4. The van der Waals surface area contributed by atoms with Gasteiger partial charge in [0.1, 0.15) is 17.3 Å². The first-order chi connectivity index (χ1) is 11.5. The van der Waals surface area contributed by atoms with Gasteiger partial charge in [0.2, 0.25) is 0 Å². The van der Waals surface area contributed by atoms with E-state index in [-0.39, 0.29) is 10.8 Å². The van der Waals surface area contributed by atoms with Crippen LogP contribution in [0.4, 0.5) is 14.5 Å². The molecule has 5 nitrogen and oxygen atoms in total. The molecule has 1 heterocycles. The van der Waals surface area contributed by atoms with Crippen molar-refractivity contribution in [3.05, 3.63) is 65.9 Å². The fourth-order valence-corrected chi connectivity index (χ4v) is 2.28. The summed E-state index contributed by atoms with van der Waals surface area (Å²) in [5.74, 6) is -1.92. The van der Waals surface area contributed by atoms with E-state index in [4.69, 9.17) is 12.2 Å². The van der Waals surface area contributed by atoms with Crippen molar-refractivity contribution in [1.82, 2.24) is 15.8 Å². The first kappa shape index (κ1) is 15.9. The Bertz CT molecular complexity index is 892. The van der Waals surface area contributed by atoms with Crippen molar-refractivity contribution in [2.24, 2.45) is 0 Å². The van der Waals surface area contributed by atoms with E-state index in [1.54, 1.807) is 6.07 Å². The molecule has 2 aromatic carbocycles. The second-order valence-corrected chi connectivity index (χ2v) is 5.34. The van der Waals surface area contributed by atoms with Crippen molar-refractivity contribution >= 4 is 39.8 Å². The average molecular weight is 346 g/mol. The molecule has 0 saturated carbocycles. The summed E-state index contributed by atoms with van der Waals surface area (Å²) in [7, 11) is 0. The van der Waals surface area contributed by atoms with Gasteiger partial charge in [-0.05, 0) is 36.5 Å². The van der Waals surface area contributed by atoms with Gasteiger partial charge in [-0.25, -0.2) is 8.78 Å². The zero-order valence-corrected chi connectivity index (χ0v) is 13.0. The molecular formula is C16H12F2N4OS. The number of nitrogens with one attached hydrogen (secondary N) is 4. The molecular weight excluding hydrogens is 334 g/mol. The number of carbonyl (C=O) groups is 1. The van der Waals surface area contributed by atoms with Crippen LogP contribution in [0.1, 0.15) is 10.5 Å². The van der Waals surface area contributed by atoms with E-state index in [1.807, 2.05) is 24.3 Å². The Kier molecular flexibility index (Phi) is 4.39. The van der Waals surface area contributed by atoms with Gasteiger partial charge in [0, 0.05) is 17.0 Å². The van der Waals surface area contributed by atoms with Crippen LogP contribution in [-0.4, -0.2) is 16.0 Å². The Morgan fingerprint density at radius 2 is 1.83 bits per heavy atom. The number of halogens is 2. The third kappa shape index (κ3) is 3.49. The molecule has 0 aliphatic rings. The highest BCUT2D eigenvalue weighted by molar-refractivity contribution is 7.80. The van der Waals surface area contributed by atoms with Gasteiger partial charge in [0.25, 0.3) is 5.91 Å². The summed E-state index contributed by atoms with van der Waals surface area (Å²) in [6, 6.07) is 12.2. The van der Waals surface area contributed by atoms with Gasteiger partial charge < -0.3 is 10.3 Å². The molecule has 0 aliphatic heterocycles. The van der Waals surface area contributed by atoms with Crippen molar-refractivity contribution in [3.63, 3.8) is 0 Å². The summed E-state index contributed by atoms with van der Waals surface area (Å²) in [6.07, 6.45) is 0. The van der Waals surface area contributed by atoms with Crippen molar-refractivity contribution in [2.75, 3.05) is 5.32 Å². The molecule has 1 aromatic heterocycles. The highest BCUT2D eigenvalue weighted by atomic mass is 32.1. The Labute approximate surface area is 141 Å². The van der Waals surface area contributed by atoms with E-state index in [1.165, 1.54) is 6.07 Å². The molecule has 0 spiro atoms. The highest BCUT2D eigenvalue weighted by Gasteiger charge is 2.10. The Hall–Kier alpha value is -3.00. The summed E-state index contributed by atoms with van der Waals surface area (Å²) in [6.45, 7) is 0. The zero-order chi connectivity index (χ0) is 17.1. The molecule has 0 saturated heterocycles. The normalized spacial score (nSPS) is 10.4. The van der Waals surface area contributed by atoms with Crippen molar-refractivity contribution in [3.8, 4) is 0 Å². The number of hydrogen-bond acceptors (Lipinski definition) is 2. The van der Waals surface area contributed by atoms with Crippen LogP contribution in [0.15, 0.2) is 48.5 Å². The van der Waals surface area contributed by atoms with Crippen molar-refractivity contribution in [1.29, 1.82) is 0 Å². The minimum absolute atomic E-state index is 0.00578. The number of anilines is 1. The van der Waals surface area contributed by atoms with E-state index in [2.05, 4.69) is 21.2 Å². The van der Waals surface area contributed by atoms with Crippen LogP contribution < -0.4 is 16.2 Å². The van der Waals surface area contributed by atoms with Gasteiger partial charge >= 0.3 is 0 Å². The Balaban J connectivity index is 1.60. The fraction of sp³-hybridized carbons (Fsp3) is 0. The smallest absolute Gasteiger partial charge is 0.286 e. The Morgan fingerprint density at radius 1 is 1.04 bits per heavy atom. The molecule has 24 heavy (non-hydrogen) atoms. The second-order valence-electron chi connectivity index (χ2n) is 4.93. The molecule has 122 valence electrons. The molecule has 0 bridgehead atoms. The summed E-state index contributed by atoms with van der Waals surface area (Å²) >= 11 is 4.95. The number of H-pyrrole nitrogens is 1. The predicted molar refractivity (Wildman–Crippen MR) is 91.5 cm³/mol. The van der Waals surface area contributed by atoms with E-state index in [0.717, 1.165) is 23.0 Å². The fourth-order valence-electron chi connectivity index (χ4n) is 2.12.